The van der Waals surface area contributed by atoms with E-state index in [-0.39, 0.29) is 5.92 Å². The number of halogens is 1. The zero-order valence-electron chi connectivity index (χ0n) is 15.0. The number of hydrogen-bond donors (Lipinski definition) is 1. The van der Waals surface area contributed by atoms with E-state index in [9.17, 15) is 13.2 Å². The lowest BCUT2D eigenvalue weighted by Gasteiger charge is -2.23. The maximum absolute atomic E-state index is 13.1. The summed E-state index contributed by atoms with van der Waals surface area (Å²) in [6, 6.07) is 13.4. The van der Waals surface area contributed by atoms with E-state index in [0.717, 1.165) is 0 Å². The van der Waals surface area contributed by atoms with Gasteiger partial charge in [-0.25, -0.2) is 8.42 Å². The standard InChI is InChI=1S/C20H19ClN2O4S/c1-2-11-27-18-9-5-16(6-10-18)22-19(24)20-12-14(20)13-23(28(20,25)26)17-7-3-15(21)4-8-17/h2-10,14H,1,11-13H2,(H,22,24)/t14-,20-/m1/s1. The van der Waals surface area contributed by atoms with Crippen LogP contribution in [0.15, 0.2) is 61.2 Å². The Bertz CT molecular complexity index is 1020. The first-order valence-corrected chi connectivity index (χ1v) is 10.6. The fourth-order valence-electron chi connectivity index (χ4n) is 3.60. The van der Waals surface area contributed by atoms with E-state index in [1.54, 1.807) is 54.6 Å². The number of benzene rings is 2. The van der Waals surface area contributed by atoms with E-state index in [4.69, 9.17) is 16.3 Å². The maximum atomic E-state index is 13.1. The molecule has 8 heteroatoms. The highest BCUT2D eigenvalue weighted by Crippen LogP contribution is 2.58. The quantitative estimate of drug-likeness (QED) is 0.729. The van der Waals surface area contributed by atoms with Crippen molar-refractivity contribution in [1.29, 1.82) is 0 Å². The molecule has 1 saturated carbocycles. The molecule has 0 aromatic heterocycles. The van der Waals surface area contributed by atoms with Gasteiger partial charge in [0.2, 0.25) is 15.9 Å². The predicted molar refractivity (Wildman–Crippen MR) is 109 cm³/mol. The van der Waals surface area contributed by atoms with Gasteiger partial charge in [-0.1, -0.05) is 24.3 Å². The molecule has 1 heterocycles. The van der Waals surface area contributed by atoms with Crippen molar-refractivity contribution in [2.24, 2.45) is 5.92 Å². The van der Waals surface area contributed by atoms with Gasteiger partial charge in [0.25, 0.3) is 0 Å². The second-order valence-electron chi connectivity index (χ2n) is 6.88. The second kappa shape index (κ2) is 6.83. The minimum absolute atomic E-state index is 0.219. The zero-order valence-corrected chi connectivity index (χ0v) is 16.5. The summed E-state index contributed by atoms with van der Waals surface area (Å²) >= 11 is 5.89. The van der Waals surface area contributed by atoms with Crippen molar-refractivity contribution in [1.82, 2.24) is 0 Å². The van der Waals surface area contributed by atoms with Crippen LogP contribution in [0.5, 0.6) is 5.75 Å². The van der Waals surface area contributed by atoms with Crippen molar-refractivity contribution in [2.75, 3.05) is 22.8 Å². The molecule has 2 fully saturated rings. The molecule has 0 radical (unpaired) electrons. The first-order valence-electron chi connectivity index (χ1n) is 8.81. The average Bonchev–Trinajstić information content (AvgIpc) is 3.37. The van der Waals surface area contributed by atoms with Gasteiger partial charge in [-0.3, -0.25) is 9.10 Å². The highest BCUT2D eigenvalue weighted by Gasteiger charge is 2.75. The van der Waals surface area contributed by atoms with Crippen molar-refractivity contribution < 1.29 is 17.9 Å². The fraction of sp³-hybridized carbons (Fsp3) is 0.250. The molecule has 0 bridgehead atoms. The van der Waals surface area contributed by atoms with Gasteiger partial charge in [-0.05, 0) is 55.0 Å². The summed E-state index contributed by atoms with van der Waals surface area (Å²) in [5, 5.41) is 3.27. The maximum Gasteiger partial charge on any atom is 0.250 e. The minimum atomic E-state index is -3.82. The normalized spacial score (nSPS) is 24.3. The lowest BCUT2D eigenvalue weighted by atomic mass is 10.2. The third-order valence-corrected chi connectivity index (χ3v) is 7.96. The number of carbonyl (C=O) groups is 1. The summed E-state index contributed by atoms with van der Waals surface area (Å²) in [6.07, 6.45) is 1.98. The van der Waals surface area contributed by atoms with Crippen molar-refractivity contribution in [3.8, 4) is 5.75 Å². The van der Waals surface area contributed by atoms with Crippen LogP contribution in [0.3, 0.4) is 0 Å². The van der Waals surface area contributed by atoms with Crippen LogP contribution in [0.4, 0.5) is 11.4 Å². The van der Waals surface area contributed by atoms with E-state index in [1.807, 2.05) is 0 Å². The smallest absolute Gasteiger partial charge is 0.250 e. The first kappa shape index (κ1) is 18.8. The summed E-state index contributed by atoms with van der Waals surface area (Å²) in [5.41, 5.74) is 1.05. The fourth-order valence-corrected chi connectivity index (χ4v) is 6.09. The van der Waals surface area contributed by atoms with E-state index < -0.39 is 20.7 Å². The monoisotopic (exact) mass is 418 g/mol. The van der Waals surface area contributed by atoms with Crippen molar-refractivity contribution in [3.05, 3.63) is 66.2 Å². The Kier molecular flexibility index (Phi) is 4.59. The molecular weight excluding hydrogens is 400 g/mol. The van der Waals surface area contributed by atoms with Crippen LogP contribution in [0.25, 0.3) is 0 Å². The summed E-state index contributed by atoms with van der Waals surface area (Å²) in [5.74, 6) is -0.0696. The molecule has 2 aromatic carbocycles. The van der Waals surface area contributed by atoms with E-state index in [0.29, 0.717) is 41.7 Å². The number of hydrogen-bond acceptors (Lipinski definition) is 4. The van der Waals surface area contributed by atoms with Crippen molar-refractivity contribution >= 4 is 38.9 Å². The van der Waals surface area contributed by atoms with Gasteiger partial charge >= 0.3 is 0 Å². The van der Waals surface area contributed by atoms with Crippen LogP contribution in [0, 0.1) is 5.92 Å². The van der Waals surface area contributed by atoms with Crippen molar-refractivity contribution in [2.45, 2.75) is 11.2 Å². The Morgan fingerprint density at radius 2 is 1.93 bits per heavy atom. The molecule has 1 N–H and O–H groups in total. The predicted octanol–water partition coefficient (Wildman–Crippen LogP) is 3.45. The molecule has 6 nitrogen and oxygen atoms in total. The highest BCUT2D eigenvalue weighted by molar-refractivity contribution is 7.95. The number of fused-ring (bicyclic) bond motifs is 1. The highest BCUT2D eigenvalue weighted by atomic mass is 35.5. The second-order valence-corrected chi connectivity index (χ2v) is 9.44. The molecule has 2 aliphatic rings. The molecule has 2 aromatic rings. The zero-order chi connectivity index (χ0) is 19.9. The Morgan fingerprint density at radius 3 is 2.57 bits per heavy atom. The number of amides is 1. The molecule has 0 spiro atoms. The summed E-state index contributed by atoms with van der Waals surface area (Å²) in [4.78, 5) is 12.9. The van der Waals surface area contributed by atoms with E-state index in [1.165, 1.54) is 4.31 Å². The number of nitrogens with zero attached hydrogens (tertiary/aromatic N) is 1. The van der Waals surface area contributed by atoms with Crippen LogP contribution in [0.2, 0.25) is 5.02 Å². The largest absolute Gasteiger partial charge is 0.490 e. The number of rotatable bonds is 6. The van der Waals surface area contributed by atoms with Crippen LogP contribution < -0.4 is 14.4 Å². The summed E-state index contributed by atoms with van der Waals surface area (Å²) in [6.45, 7) is 4.27. The van der Waals surface area contributed by atoms with Crippen molar-refractivity contribution in [3.63, 3.8) is 0 Å². The van der Waals surface area contributed by atoms with E-state index >= 15 is 0 Å². The molecule has 1 aliphatic heterocycles. The van der Waals surface area contributed by atoms with Crippen LogP contribution >= 0.6 is 11.6 Å². The summed E-state index contributed by atoms with van der Waals surface area (Å²) in [7, 11) is -3.82. The van der Waals surface area contributed by atoms with Crippen LogP contribution in [-0.4, -0.2) is 32.2 Å². The van der Waals surface area contributed by atoms with Gasteiger partial charge in [0.1, 0.15) is 12.4 Å². The lowest BCUT2D eigenvalue weighted by Crippen LogP contribution is -2.42. The number of carbonyl (C=O) groups excluding carboxylic acids is 1. The average molecular weight is 419 g/mol. The SMILES string of the molecule is C=CCOc1ccc(NC(=O)[C@@]23C[C@@H]2CN(c2ccc(Cl)cc2)S3(=O)=O)cc1. The van der Waals surface area contributed by atoms with Gasteiger partial charge in [0.05, 0.1) is 5.69 Å². The lowest BCUT2D eigenvalue weighted by molar-refractivity contribution is -0.116. The van der Waals surface area contributed by atoms with Gasteiger partial charge in [-0.2, -0.15) is 0 Å². The molecular formula is C20H19ClN2O4S. The van der Waals surface area contributed by atoms with Crippen LogP contribution in [0.1, 0.15) is 6.42 Å². The van der Waals surface area contributed by atoms with Gasteiger partial charge in [0.15, 0.2) is 4.75 Å². The Morgan fingerprint density at radius 1 is 1.25 bits per heavy atom. The van der Waals surface area contributed by atoms with Crippen LogP contribution in [-0.2, 0) is 14.8 Å². The molecule has 0 unspecified atom stereocenters. The molecule has 2 atom stereocenters. The third-order valence-electron chi connectivity index (χ3n) is 5.16. The number of nitrogens with one attached hydrogen (secondary N) is 1. The molecule has 146 valence electrons. The number of anilines is 2. The van der Waals surface area contributed by atoms with Gasteiger partial charge in [0, 0.05) is 23.2 Å². The molecule has 4 rings (SSSR count). The Hall–Kier alpha value is -2.51. The third kappa shape index (κ3) is 2.95. The topological polar surface area (TPSA) is 75.7 Å². The Balaban J connectivity index is 1.52. The molecule has 1 amide bonds. The molecule has 1 aliphatic carbocycles. The minimum Gasteiger partial charge on any atom is -0.490 e. The molecule has 28 heavy (non-hydrogen) atoms. The Labute approximate surface area is 168 Å². The number of sulfonamides is 1. The summed E-state index contributed by atoms with van der Waals surface area (Å²) < 4.78 is 31.6. The van der Waals surface area contributed by atoms with Gasteiger partial charge < -0.3 is 10.1 Å². The first-order chi connectivity index (χ1) is 13.4. The number of ether oxygens (including phenoxy) is 1. The molecule has 1 saturated heterocycles. The van der Waals surface area contributed by atoms with Gasteiger partial charge in [-0.15, -0.1) is 0 Å². The van der Waals surface area contributed by atoms with E-state index in [2.05, 4.69) is 11.9 Å².